The number of hydrogen-bond donors (Lipinski definition) is 0. The zero-order chi connectivity index (χ0) is 13.9. The molecule has 0 radical (unpaired) electrons. The van der Waals surface area contributed by atoms with Gasteiger partial charge in [-0.15, -0.1) is 0 Å². The third-order valence-corrected chi connectivity index (χ3v) is 3.14. The molecule has 0 spiro atoms. The second-order valence-corrected chi connectivity index (χ2v) is 5.36. The quantitative estimate of drug-likeness (QED) is 0.719. The number of nitrogens with zero attached hydrogens (tertiary/aromatic N) is 3. The summed E-state index contributed by atoms with van der Waals surface area (Å²) in [5.74, 6) is 1.28. The van der Waals surface area contributed by atoms with Crippen LogP contribution in [0, 0.1) is 5.92 Å². The minimum atomic E-state index is 0.593. The summed E-state index contributed by atoms with van der Waals surface area (Å²) in [6.07, 6.45) is 2.83. The molecular weight excluding hydrogens is 246 g/mol. The summed E-state index contributed by atoms with van der Waals surface area (Å²) in [7, 11) is 0. The van der Waals surface area contributed by atoms with Gasteiger partial charge in [0.2, 0.25) is 0 Å². The number of para-hydroxylation sites is 1. The van der Waals surface area contributed by atoms with Gasteiger partial charge in [0, 0.05) is 17.3 Å². The lowest BCUT2D eigenvalue weighted by molar-refractivity contribution is 0.636. The van der Waals surface area contributed by atoms with Crippen LogP contribution in [0.25, 0.3) is 22.4 Å². The summed E-state index contributed by atoms with van der Waals surface area (Å²) in [6.45, 7) is 4.39. The van der Waals surface area contributed by atoms with E-state index in [1.807, 2.05) is 42.6 Å². The summed E-state index contributed by atoms with van der Waals surface area (Å²) >= 11 is 0. The van der Waals surface area contributed by atoms with E-state index in [1.165, 1.54) is 0 Å². The molecule has 3 rings (SSSR count). The number of pyridine rings is 1. The van der Waals surface area contributed by atoms with Gasteiger partial charge in [-0.05, 0) is 30.5 Å². The van der Waals surface area contributed by atoms with Crippen LogP contribution in [0.4, 0.5) is 0 Å². The Labute approximate surface area is 118 Å². The van der Waals surface area contributed by atoms with Crippen LogP contribution in [-0.4, -0.2) is 15.0 Å². The molecule has 0 unspecified atom stereocenters. The average Bonchev–Trinajstić information content (AvgIpc) is 2.46. The Hall–Kier alpha value is -2.29. The van der Waals surface area contributed by atoms with Gasteiger partial charge < -0.3 is 0 Å². The average molecular weight is 263 g/mol. The smallest absolute Gasteiger partial charge is 0.178 e. The topological polar surface area (TPSA) is 38.7 Å². The van der Waals surface area contributed by atoms with E-state index in [4.69, 9.17) is 0 Å². The van der Waals surface area contributed by atoms with E-state index in [-0.39, 0.29) is 0 Å². The number of fused-ring (bicyclic) bond motifs is 1. The van der Waals surface area contributed by atoms with Crippen LogP contribution < -0.4 is 0 Å². The van der Waals surface area contributed by atoms with E-state index in [0.29, 0.717) is 11.7 Å². The summed E-state index contributed by atoms with van der Waals surface area (Å²) < 4.78 is 0. The molecule has 3 heteroatoms. The molecule has 2 heterocycles. The summed E-state index contributed by atoms with van der Waals surface area (Å²) in [4.78, 5) is 13.7. The maximum absolute atomic E-state index is 4.66. The molecule has 3 aromatic rings. The van der Waals surface area contributed by atoms with Gasteiger partial charge in [0.05, 0.1) is 5.52 Å². The van der Waals surface area contributed by atoms with Crippen LogP contribution in [0.15, 0.2) is 48.7 Å². The molecule has 0 bridgehead atoms. The van der Waals surface area contributed by atoms with Crippen molar-refractivity contribution in [2.75, 3.05) is 0 Å². The number of rotatable bonds is 3. The van der Waals surface area contributed by atoms with E-state index in [0.717, 1.165) is 28.7 Å². The van der Waals surface area contributed by atoms with E-state index in [2.05, 4.69) is 34.9 Å². The van der Waals surface area contributed by atoms with Gasteiger partial charge in [-0.2, -0.15) is 0 Å². The highest BCUT2D eigenvalue weighted by Crippen LogP contribution is 2.17. The molecule has 0 saturated heterocycles. The van der Waals surface area contributed by atoms with E-state index < -0.39 is 0 Å². The van der Waals surface area contributed by atoms with Gasteiger partial charge in [0.1, 0.15) is 5.69 Å². The molecule has 100 valence electrons. The maximum Gasteiger partial charge on any atom is 0.178 e. The van der Waals surface area contributed by atoms with Crippen LogP contribution >= 0.6 is 0 Å². The Morgan fingerprint density at radius 1 is 0.950 bits per heavy atom. The van der Waals surface area contributed by atoms with Crippen molar-refractivity contribution >= 4 is 10.9 Å². The molecular formula is C17H17N3. The molecule has 0 atom stereocenters. The highest BCUT2D eigenvalue weighted by atomic mass is 14.9. The SMILES string of the molecule is CC(C)Cc1cccc(-c2ncc3ccccc3n2)n1. The Morgan fingerprint density at radius 3 is 2.65 bits per heavy atom. The lowest BCUT2D eigenvalue weighted by atomic mass is 10.1. The van der Waals surface area contributed by atoms with Crippen molar-refractivity contribution in [2.24, 2.45) is 5.92 Å². The Bertz CT molecular complexity index is 735. The van der Waals surface area contributed by atoms with Gasteiger partial charge >= 0.3 is 0 Å². The third-order valence-electron chi connectivity index (χ3n) is 3.14. The summed E-state index contributed by atoms with van der Waals surface area (Å²) in [5.41, 5.74) is 2.89. The van der Waals surface area contributed by atoms with Gasteiger partial charge in [0.15, 0.2) is 5.82 Å². The minimum Gasteiger partial charge on any atom is -0.249 e. The van der Waals surface area contributed by atoms with Crippen molar-refractivity contribution in [3.05, 3.63) is 54.4 Å². The van der Waals surface area contributed by atoms with Crippen LogP contribution in [0.2, 0.25) is 0 Å². The monoisotopic (exact) mass is 263 g/mol. The zero-order valence-corrected chi connectivity index (χ0v) is 11.7. The molecule has 0 aliphatic rings. The van der Waals surface area contributed by atoms with Crippen LogP contribution in [0.1, 0.15) is 19.5 Å². The number of hydrogen-bond acceptors (Lipinski definition) is 3. The Morgan fingerprint density at radius 2 is 1.80 bits per heavy atom. The normalized spacial score (nSPS) is 11.2. The van der Waals surface area contributed by atoms with Crippen molar-refractivity contribution in [2.45, 2.75) is 20.3 Å². The molecule has 0 saturated carbocycles. The van der Waals surface area contributed by atoms with Gasteiger partial charge in [0.25, 0.3) is 0 Å². The molecule has 0 aliphatic heterocycles. The van der Waals surface area contributed by atoms with Gasteiger partial charge in [-0.25, -0.2) is 15.0 Å². The fraction of sp³-hybridized carbons (Fsp3) is 0.235. The van der Waals surface area contributed by atoms with Crippen molar-refractivity contribution < 1.29 is 0 Å². The minimum absolute atomic E-state index is 0.593. The van der Waals surface area contributed by atoms with Crippen molar-refractivity contribution in [1.29, 1.82) is 0 Å². The molecule has 20 heavy (non-hydrogen) atoms. The number of benzene rings is 1. The van der Waals surface area contributed by atoms with Crippen molar-refractivity contribution in [3.63, 3.8) is 0 Å². The first kappa shape index (κ1) is 12.7. The molecule has 0 amide bonds. The standard InChI is InChI=1S/C17H17N3/c1-12(2)10-14-7-5-9-16(19-14)17-18-11-13-6-3-4-8-15(13)20-17/h3-9,11-12H,10H2,1-2H3. The fourth-order valence-corrected chi connectivity index (χ4v) is 2.23. The summed E-state index contributed by atoms with van der Waals surface area (Å²) in [5, 5.41) is 1.05. The highest BCUT2D eigenvalue weighted by Gasteiger charge is 2.06. The van der Waals surface area contributed by atoms with Crippen molar-refractivity contribution in [3.8, 4) is 11.5 Å². The highest BCUT2D eigenvalue weighted by molar-refractivity contribution is 5.78. The van der Waals surface area contributed by atoms with E-state index in [9.17, 15) is 0 Å². The molecule has 1 aromatic carbocycles. The summed E-state index contributed by atoms with van der Waals surface area (Å²) in [6, 6.07) is 14.0. The lowest BCUT2D eigenvalue weighted by Crippen LogP contribution is -1.99. The molecule has 0 N–H and O–H groups in total. The largest absolute Gasteiger partial charge is 0.249 e. The molecule has 0 fully saturated rings. The number of aromatic nitrogens is 3. The first-order chi connectivity index (χ1) is 9.72. The van der Waals surface area contributed by atoms with Crippen LogP contribution in [0.5, 0.6) is 0 Å². The van der Waals surface area contributed by atoms with Gasteiger partial charge in [-0.1, -0.05) is 38.1 Å². The van der Waals surface area contributed by atoms with Crippen LogP contribution in [0.3, 0.4) is 0 Å². The van der Waals surface area contributed by atoms with Gasteiger partial charge in [-0.3, -0.25) is 0 Å². The van der Waals surface area contributed by atoms with E-state index in [1.54, 1.807) is 0 Å². The predicted molar refractivity (Wildman–Crippen MR) is 81.3 cm³/mol. The zero-order valence-electron chi connectivity index (χ0n) is 11.7. The molecule has 0 aliphatic carbocycles. The second kappa shape index (κ2) is 5.37. The molecule has 2 aromatic heterocycles. The maximum atomic E-state index is 4.66. The lowest BCUT2D eigenvalue weighted by Gasteiger charge is -2.06. The Balaban J connectivity index is 2.01. The van der Waals surface area contributed by atoms with Crippen molar-refractivity contribution in [1.82, 2.24) is 15.0 Å². The second-order valence-electron chi connectivity index (χ2n) is 5.36. The predicted octanol–water partition coefficient (Wildman–Crippen LogP) is 3.89. The van der Waals surface area contributed by atoms with E-state index >= 15 is 0 Å². The first-order valence-electron chi connectivity index (χ1n) is 6.90. The molecule has 3 nitrogen and oxygen atoms in total. The third kappa shape index (κ3) is 2.67. The van der Waals surface area contributed by atoms with Crippen LogP contribution in [-0.2, 0) is 6.42 Å². The Kier molecular flexibility index (Phi) is 3.42. The fourth-order valence-electron chi connectivity index (χ4n) is 2.23. The first-order valence-corrected chi connectivity index (χ1v) is 6.90.